The molecule has 0 spiro atoms. The number of carbonyl (C=O) groups is 1. The van der Waals surface area contributed by atoms with E-state index in [0.29, 0.717) is 43.9 Å². The Morgan fingerprint density at radius 1 is 1.18 bits per heavy atom. The van der Waals surface area contributed by atoms with Gasteiger partial charge < -0.3 is 14.4 Å². The Kier molecular flexibility index (Phi) is 7.85. The van der Waals surface area contributed by atoms with E-state index in [1.807, 2.05) is 0 Å². The van der Waals surface area contributed by atoms with Crippen molar-refractivity contribution in [2.45, 2.75) is 43.2 Å². The summed E-state index contributed by atoms with van der Waals surface area (Å²) < 4.78 is 52.5. The lowest BCUT2D eigenvalue weighted by Gasteiger charge is -2.35. The van der Waals surface area contributed by atoms with Crippen LogP contribution in [0.1, 0.15) is 31.2 Å². The lowest BCUT2D eigenvalue weighted by molar-refractivity contribution is -0.139. The predicted molar refractivity (Wildman–Crippen MR) is 125 cm³/mol. The minimum atomic E-state index is -3.73. The molecule has 2 aliphatic rings. The molecule has 0 N–H and O–H groups in total. The van der Waals surface area contributed by atoms with E-state index in [0.717, 1.165) is 12.8 Å². The predicted octanol–water partition coefficient (Wildman–Crippen LogP) is 3.44. The molecule has 0 aromatic heterocycles. The van der Waals surface area contributed by atoms with Crippen LogP contribution in [0.3, 0.4) is 0 Å². The van der Waals surface area contributed by atoms with E-state index in [2.05, 4.69) is 0 Å². The molecular formula is C25H31FN2O5S. The Labute approximate surface area is 200 Å². The molecule has 0 aliphatic carbocycles. The van der Waals surface area contributed by atoms with E-state index in [9.17, 15) is 17.6 Å². The second kappa shape index (κ2) is 10.8. The summed E-state index contributed by atoms with van der Waals surface area (Å²) in [5.74, 6) is -0.352. The van der Waals surface area contributed by atoms with Crippen molar-refractivity contribution in [3.05, 3.63) is 59.9 Å². The van der Waals surface area contributed by atoms with Gasteiger partial charge >= 0.3 is 0 Å². The minimum Gasteiger partial charge on any atom is -0.497 e. The number of halogens is 1. The van der Waals surface area contributed by atoms with Crippen molar-refractivity contribution in [3.63, 3.8) is 0 Å². The van der Waals surface area contributed by atoms with E-state index in [-0.39, 0.29) is 35.8 Å². The molecule has 1 amide bonds. The molecular weight excluding hydrogens is 459 g/mol. The maximum Gasteiger partial charge on any atom is 0.243 e. The number of ether oxygens (including phenoxy) is 2. The van der Waals surface area contributed by atoms with Gasteiger partial charge in [-0.3, -0.25) is 4.79 Å². The van der Waals surface area contributed by atoms with Gasteiger partial charge in [0.15, 0.2) is 0 Å². The number of methoxy groups -OCH3 is 1. The number of nitrogens with zero attached hydrogens (tertiary/aromatic N) is 2. The molecule has 2 saturated heterocycles. The fraction of sp³-hybridized carbons (Fsp3) is 0.480. The van der Waals surface area contributed by atoms with E-state index >= 15 is 0 Å². The monoisotopic (exact) mass is 490 g/mol. The number of carbonyl (C=O) groups excluding carboxylic acids is 1. The molecule has 4 rings (SSSR count). The minimum absolute atomic E-state index is 0.0553. The van der Waals surface area contributed by atoms with Gasteiger partial charge in [-0.05, 0) is 67.6 Å². The molecule has 0 saturated carbocycles. The largest absolute Gasteiger partial charge is 0.497 e. The third kappa shape index (κ3) is 5.76. The molecule has 7 nitrogen and oxygen atoms in total. The average molecular weight is 491 g/mol. The maximum atomic E-state index is 13.8. The summed E-state index contributed by atoms with van der Waals surface area (Å²) >= 11 is 0. The van der Waals surface area contributed by atoms with E-state index in [4.69, 9.17) is 9.47 Å². The zero-order chi connectivity index (χ0) is 24.1. The number of amides is 1. The van der Waals surface area contributed by atoms with Gasteiger partial charge in [-0.2, -0.15) is 4.31 Å². The number of hydrogen-bond acceptors (Lipinski definition) is 5. The fourth-order valence-corrected chi connectivity index (χ4v) is 6.16. The van der Waals surface area contributed by atoms with Crippen LogP contribution in [0.2, 0.25) is 0 Å². The van der Waals surface area contributed by atoms with Crippen molar-refractivity contribution < 1.29 is 27.1 Å². The first-order valence-electron chi connectivity index (χ1n) is 11.7. The van der Waals surface area contributed by atoms with Gasteiger partial charge in [0, 0.05) is 32.8 Å². The van der Waals surface area contributed by atoms with Gasteiger partial charge in [0.05, 0.1) is 24.0 Å². The van der Waals surface area contributed by atoms with Crippen LogP contribution in [0.15, 0.2) is 53.4 Å². The number of benzene rings is 2. The Balaban J connectivity index is 1.50. The molecule has 34 heavy (non-hydrogen) atoms. The molecule has 2 unspecified atom stereocenters. The molecule has 2 aromatic rings. The standard InChI is InChI=1S/C25H31FN2O5S/c1-32-22-9-11-24(12-10-22)34(30,31)28-13-3-6-20(17-28)25(29)27(18-23-8-4-14-33-23)16-19-5-2-7-21(26)15-19/h2,5,7,9-12,15,20,23H,3-4,6,8,13-14,16-18H2,1H3. The lowest BCUT2D eigenvalue weighted by atomic mass is 9.97. The molecule has 0 radical (unpaired) electrons. The van der Waals surface area contributed by atoms with E-state index in [1.165, 1.54) is 35.7 Å². The first kappa shape index (κ1) is 24.6. The number of hydrogen-bond donors (Lipinski definition) is 0. The summed E-state index contributed by atoms with van der Waals surface area (Å²) in [5, 5.41) is 0. The van der Waals surface area contributed by atoms with Crippen molar-refractivity contribution >= 4 is 15.9 Å². The summed E-state index contributed by atoms with van der Waals surface area (Å²) in [6.07, 6.45) is 2.97. The van der Waals surface area contributed by atoms with Gasteiger partial charge in [0.25, 0.3) is 0 Å². The molecule has 2 heterocycles. The van der Waals surface area contributed by atoms with E-state index in [1.54, 1.807) is 29.2 Å². The summed E-state index contributed by atoms with van der Waals surface area (Å²) in [4.78, 5) is 15.5. The highest BCUT2D eigenvalue weighted by molar-refractivity contribution is 7.89. The van der Waals surface area contributed by atoms with Crippen molar-refractivity contribution in [1.82, 2.24) is 9.21 Å². The van der Waals surface area contributed by atoms with Crippen LogP contribution in [-0.2, 0) is 26.1 Å². The molecule has 2 fully saturated rings. The second-order valence-corrected chi connectivity index (χ2v) is 10.8. The van der Waals surface area contributed by atoms with Gasteiger partial charge in [-0.1, -0.05) is 12.1 Å². The van der Waals surface area contributed by atoms with Crippen LogP contribution in [-0.4, -0.2) is 63.0 Å². The lowest BCUT2D eigenvalue weighted by Crippen LogP contribution is -2.48. The first-order valence-corrected chi connectivity index (χ1v) is 13.1. The van der Waals surface area contributed by atoms with Crippen molar-refractivity contribution in [3.8, 4) is 5.75 Å². The van der Waals surface area contributed by atoms with Crippen LogP contribution >= 0.6 is 0 Å². The van der Waals surface area contributed by atoms with Gasteiger partial charge in [0.1, 0.15) is 11.6 Å². The van der Waals surface area contributed by atoms with Crippen molar-refractivity contribution in [2.75, 3.05) is 33.4 Å². The summed E-state index contributed by atoms with van der Waals surface area (Å²) in [5.41, 5.74) is 0.699. The number of rotatable bonds is 8. The SMILES string of the molecule is COc1ccc(S(=O)(=O)N2CCCC(C(=O)N(Cc3cccc(F)c3)CC3CCCO3)C2)cc1. The Morgan fingerprint density at radius 2 is 1.97 bits per heavy atom. The zero-order valence-electron chi connectivity index (χ0n) is 19.4. The topological polar surface area (TPSA) is 76.2 Å². The summed E-state index contributed by atoms with van der Waals surface area (Å²) in [6.45, 7) is 1.84. The average Bonchev–Trinajstić information content (AvgIpc) is 3.36. The number of sulfonamides is 1. The zero-order valence-corrected chi connectivity index (χ0v) is 20.2. The summed E-state index contributed by atoms with van der Waals surface area (Å²) in [7, 11) is -2.21. The molecule has 0 bridgehead atoms. The highest BCUT2D eigenvalue weighted by atomic mass is 32.2. The van der Waals surface area contributed by atoms with Gasteiger partial charge in [0.2, 0.25) is 15.9 Å². The molecule has 2 atom stereocenters. The first-order chi connectivity index (χ1) is 16.4. The molecule has 2 aliphatic heterocycles. The molecule has 2 aromatic carbocycles. The van der Waals surface area contributed by atoms with Crippen molar-refractivity contribution in [1.29, 1.82) is 0 Å². The molecule has 9 heteroatoms. The highest BCUT2D eigenvalue weighted by Crippen LogP contribution is 2.27. The third-order valence-corrected chi connectivity index (χ3v) is 8.33. The van der Waals surface area contributed by atoms with Gasteiger partial charge in [-0.15, -0.1) is 0 Å². The Hall–Kier alpha value is -2.49. The van der Waals surface area contributed by atoms with Crippen LogP contribution < -0.4 is 4.74 Å². The quantitative estimate of drug-likeness (QED) is 0.567. The molecule has 184 valence electrons. The van der Waals surface area contributed by atoms with Crippen molar-refractivity contribution in [2.24, 2.45) is 5.92 Å². The maximum absolute atomic E-state index is 13.8. The fourth-order valence-electron chi connectivity index (χ4n) is 4.64. The Morgan fingerprint density at radius 3 is 2.65 bits per heavy atom. The van der Waals surface area contributed by atoms with Crippen LogP contribution in [0.5, 0.6) is 5.75 Å². The smallest absolute Gasteiger partial charge is 0.243 e. The third-order valence-electron chi connectivity index (χ3n) is 6.45. The summed E-state index contributed by atoms with van der Waals surface area (Å²) in [6, 6.07) is 12.5. The highest BCUT2D eigenvalue weighted by Gasteiger charge is 2.36. The Bertz CT molecular complexity index is 1090. The van der Waals surface area contributed by atoms with Gasteiger partial charge in [-0.25, -0.2) is 12.8 Å². The normalized spacial score (nSPS) is 21.4. The van der Waals surface area contributed by atoms with Crippen LogP contribution in [0, 0.1) is 11.7 Å². The second-order valence-electron chi connectivity index (χ2n) is 8.86. The number of piperidine rings is 1. The van der Waals surface area contributed by atoms with E-state index < -0.39 is 15.9 Å². The van der Waals surface area contributed by atoms with Crippen LogP contribution in [0.4, 0.5) is 4.39 Å². The van der Waals surface area contributed by atoms with Crippen LogP contribution in [0.25, 0.3) is 0 Å².